The van der Waals surface area contributed by atoms with Gasteiger partial charge in [0, 0.05) is 10.0 Å². The summed E-state index contributed by atoms with van der Waals surface area (Å²) in [4.78, 5) is 0. The Kier molecular flexibility index (Phi) is 3.66. The second-order valence-electron chi connectivity index (χ2n) is 2.43. The summed E-state index contributed by atoms with van der Waals surface area (Å²) in [5.74, 6) is -0.280. The van der Waals surface area contributed by atoms with Crippen LogP contribution in [0, 0.1) is 17.1 Å². The third-order valence-electron chi connectivity index (χ3n) is 1.46. The van der Waals surface area contributed by atoms with Gasteiger partial charge in [0.2, 0.25) is 0 Å². The molecule has 0 bridgehead atoms. The van der Waals surface area contributed by atoms with Gasteiger partial charge in [-0.1, -0.05) is 28.1 Å². The molecule has 0 amide bonds. The van der Waals surface area contributed by atoms with Crippen molar-refractivity contribution in [3.8, 4) is 6.07 Å². The molecule has 0 aliphatic carbocycles. The zero-order valence-electron chi connectivity index (χ0n) is 6.80. The average Bonchev–Trinajstić information content (AvgIpc) is 2.11. The Morgan fingerprint density at radius 1 is 1.54 bits per heavy atom. The topological polar surface area (TPSA) is 23.8 Å². The molecule has 0 saturated carbocycles. The van der Waals surface area contributed by atoms with Crippen molar-refractivity contribution in [3.05, 3.63) is 40.1 Å². The van der Waals surface area contributed by atoms with Crippen LogP contribution >= 0.6 is 15.9 Å². The quantitative estimate of drug-likeness (QED) is 0.775. The van der Waals surface area contributed by atoms with Gasteiger partial charge < -0.3 is 0 Å². The normalized spacial score (nSPS) is 10.2. The zero-order chi connectivity index (χ0) is 9.68. The van der Waals surface area contributed by atoms with Gasteiger partial charge in [0.25, 0.3) is 0 Å². The summed E-state index contributed by atoms with van der Waals surface area (Å²) in [6.45, 7) is 0. The fraction of sp³-hybridized carbons (Fsp3) is 0.100. The van der Waals surface area contributed by atoms with E-state index in [0.29, 0.717) is 12.0 Å². The molecule has 0 aromatic heterocycles. The molecule has 3 heteroatoms. The zero-order valence-corrected chi connectivity index (χ0v) is 8.38. The van der Waals surface area contributed by atoms with E-state index in [9.17, 15) is 4.39 Å². The minimum atomic E-state index is -0.280. The molecular weight excluding hydrogens is 233 g/mol. The fourth-order valence-corrected chi connectivity index (χ4v) is 1.26. The van der Waals surface area contributed by atoms with Gasteiger partial charge in [0.1, 0.15) is 5.82 Å². The van der Waals surface area contributed by atoms with Crippen LogP contribution in [0.5, 0.6) is 0 Å². The summed E-state index contributed by atoms with van der Waals surface area (Å²) >= 11 is 3.24. The molecule has 0 spiro atoms. The van der Waals surface area contributed by atoms with E-state index in [0.717, 1.165) is 4.47 Å². The van der Waals surface area contributed by atoms with Crippen LogP contribution in [0.3, 0.4) is 0 Å². The maximum Gasteiger partial charge on any atom is 0.130 e. The predicted octanol–water partition coefficient (Wildman–Crippen LogP) is 3.52. The van der Waals surface area contributed by atoms with Gasteiger partial charge in [0.05, 0.1) is 12.5 Å². The summed E-state index contributed by atoms with van der Waals surface area (Å²) in [6.07, 6.45) is 3.53. The maximum atomic E-state index is 13.0. The van der Waals surface area contributed by atoms with Gasteiger partial charge in [-0.05, 0) is 18.2 Å². The first-order valence-electron chi connectivity index (χ1n) is 3.72. The number of allylic oxidation sites excluding steroid dienone is 1. The Labute approximate surface area is 84.6 Å². The molecule has 0 aliphatic rings. The Morgan fingerprint density at radius 2 is 2.31 bits per heavy atom. The van der Waals surface area contributed by atoms with Crippen molar-refractivity contribution < 1.29 is 4.39 Å². The number of hydrogen-bond acceptors (Lipinski definition) is 1. The molecule has 0 N–H and O–H groups in total. The fourth-order valence-electron chi connectivity index (χ4n) is 0.881. The lowest BCUT2D eigenvalue weighted by Crippen LogP contribution is -1.80. The summed E-state index contributed by atoms with van der Waals surface area (Å²) in [5.41, 5.74) is 0.490. The Balaban J connectivity index is 2.88. The number of nitrogens with zero attached hydrogens (tertiary/aromatic N) is 1. The second-order valence-corrected chi connectivity index (χ2v) is 3.35. The van der Waals surface area contributed by atoms with E-state index in [2.05, 4.69) is 15.9 Å². The molecule has 0 saturated heterocycles. The summed E-state index contributed by atoms with van der Waals surface area (Å²) in [6, 6.07) is 6.64. The first-order valence-corrected chi connectivity index (χ1v) is 4.52. The summed E-state index contributed by atoms with van der Waals surface area (Å²) in [5, 5.41) is 8.26. The van der Waals surface area contributed by atoms with Crippen molar-refractivity contribution in [2.75, 3.05) is 0 Å². The number of halogens is 2. The van der Waals surface area contributed by atoms with E-state index >= 15 is 0 Å². The molecular formula is C10H7BrFN. The third kappa shape index (κ3) is 3.00. The van der Waals surface area contributed by atoms with Crippen molar-refractivity contribution in [1.29, 1.82) is 5.26 Å². The van der Waals surface area contributed by atoms with E-state index in [1.165, 1.54) is 6.07 Å². The molecule has 0 radical (unpaired) electrons. The number of benzene rings is 1. The highest BCUT2D eigenvalue weighted by Crippen LogP contribution is 2.16. The van der Waals surface area contributed by atoms with Crippen LogP contribution < -0.4 is 0 Å². The molecule has 0 aliphatic heterocycles. The summed E-state index contributed by atoms with van der Waals surface area (Å²) in [7, 11) is 0. The Morgan fingerprint density at radius 3 is 3.00 bits per heavy atom. The predicted molar refractivity (Wildman–Crippen MR) is 53.4 cm³/mol. The second kappa shape index (κ2) is 4.78. The highest BCUT2D eigenvalue weighted by Gasteiger charge is 1.97. The van der Waals surface area contributed by atoms with Gasteiger partial charge in [-0.25, -0.2) is 4.39 Å². The van der Waals surface area contributed by atoms with E-state index in [1.54, 1.807) is 24.3 Å². The molecule has 0 fully saturated rings. The van der Waals surface area contributed by atoms with Gasteiger partial charge in [-0.3, -0.25) is 0 Å². The highest BCUT2D eigenvalue weighted by atomic mass is 79.9. The summed E-state index contributed by atoms with van der Waals surface area (Å²) < 4.78 is 13.9. The van der Waals surface area contributed by atoms with Crippen LogP contribution in [-0.4, -0.2) is 0 Å². The van der Waals surface area contributed by atoms with Crippen molar-refractivity contribution in [2.45, 2.75) is 6.42 Å². The van der Waals surface area contributed by atoms with E-state index < -0.39 is 0 Å². The van der Waals surface area contributed by atoms with Crippen LogP contribution in [0.25, 0.3) is 6.08 Å². The molecule has 1 aromatic rings. The van der Waals surface area contributed by atoms with Crippen LogP contribution in [0.2, 0.25) is 0 Å². The van der Waals surface area contributed by atoms with Crippen LogP contribution in [-0.2, 0) is 0 Å². The minimum Gasteiger partial charge on any atom is -0.206 e. The lowest BCUT2D eigenvalue weighted by Gasteiger charge is -1.96. The molecule has 1 nitrogen and oxygen atoms in total. The highest BCUT2D eigenvalue weighted by molar-refractivity contribution is 9.10. The molecule has 0 unspecified atom stereocenters. The molecule has 1 rings (SSSR count). The maximum absolute atomic E-state index is 13.0. The molecule has 0 heterocycles. The van der Waals surface area contributed by atoms with Crippen molar-refractivity contribution in [2.24, 2.45) is 0 Å². The first-order chi connectivity index (χ1) is 6.24. The number of rotatable bonds is 2. The van der Waals surface area contributed by atoms with Gasteiger partial charge in [-0.15, -0.1) is 0 Å². The largest absolute Gasteiger partial charge is 0.206 e. The van der Waals surface area contributed by atoms with Gasteiger partial charge in [-0.2, -0.15) is 5.26 Å². The van der Waals surface area contributed by atoms with Crippen LogP contribution in [0.15, 0.2) is 28.7 Å². The molecule has 0 atom stereocenters. The first kappa shape index (κ1) is 9.94. The lowest BCUT2D eigenvalue weighted by molar-refractivity contribution is 0.624. The van der Waals surface area contributed by atoms with Crippen molar-refractivity contribution in [1.82, 2.24) is 0 Å². The van der Waals surface area contributed by atoms with E-state index in [4.69, 9.17) is 5.26 Å². The molecule has 13 heavy (non-hydrogen) atoms. The minimum absolute atomic E-state index is 0.280. The average molecular weight is 240 g/mol. The Bertz CT molecular complexity index is 366. The van der Waals surface area contributed by atoms with Crippen LogP contribution in [0.4, 0.5) is 4.39 Å². The van der Waals surface area contributed by atoms with Gasteiger partial charge in [0.15, 0.2) is 0 Å². The molecule has 1 aromatic carbocycles. The molecule has 66 valence electrons. The van der Waals surface area contributed by atoms with Crippen molar-refractivity contribution in [3.63, 3.8) is 0 Å². The monoisotopic (exact) mass is 239 g/mol. The number of hydrogen-bond donors (Lipinski definition) is 0. The third-order valence-corrected chi connectivity index (χ3v) is 1.96. The van der Waals surface area contributed by atoms with Crippen LogP contribution in [0.1, 0.15) is 12.0 Å². The van der Waals surface area contributed by atoms with Gasteiger partial charge >= 0.3 is 0 Å². The Hall–Kier alpha value is -1.14. The van der Waals surface area contributed by atoms with E-state index in [1.807, 2.05) is 6.07 Å². The standard InChI is InChI=1S/C10H7BrFN/c11-9-4-5-10(12)8(7-9)3-1-2-6-13/h1,3-5,7H,2H2. The van der Waals surface area contributed by atoms with E-state index in [-0.39, 0.29) is 5.82 Å². The smallest absolute Gasteiger partial charge is 0.130 e. The lowest BCUT2D eigenvalue weighted by atomic mass is 10.2. The SMILES string of the molecule is N#CCC=Cc1cc(Br)ccc1F. The number of nitriles is 1. The van der Waals surface area contributed by atoms with Crippen molar-refractivity contribution >= 4 is 22.0 Å².